The Labute approximate surface area is 180 Å². The zero-order valence-electron chi connectivity index (χ0n) is 16.6. The molecule has 1 aliphatic rings. The highest BCUT2D eigenvalue weighted by atomic mass is 32.2. The summed E-state index contributed by atoms with van der Waals surface area (Å²) in [7, 11) is -7.90. The van der Waals surface area contributed by atoms with Crippen LogP contribution in [0.2, 0.25) is 0 Å². The van der Waals surface area contributed by atoms with Crippen molar-refractivity contribution in [3.8, 4) is 11.5 Å². The first-order valence-electron chi connectivity index (χ1n) is 9.37. The molecule has 10 heteroatoms. The summed E-state index contributed by atoms with van der Waals surface area (Å²) in [6.07, 6.45) is 2.95. The summed E-state index contributed by atoms with van der Waals surface area (Å²) in [5.74, 6) is 0.771. The number of aromatic nitrogens is 1. The summed E-state index contributed by atoms with van der Waals surface area (Å²) >= 11 is 0. The molecular formula is C21H20N2O6S2. The third-order valence-corrected chi connectivity index (χ3v) is 8.43. The van der Waals surface area contributed by atoms with Crippen LogP contribution in [0.25, 0.3) is 0 Å². The van der Waals surface area contributed by atoms with E-state index in [0.29, 0.717) is 17.1 Å². The van der Waals surface area contributed by atoms with Crippen molar-refractivity contribution in [1.82, 2.24) is 9.71 Å². The molecule has 0 spiro atoms. The van der Waals surface area contributed by atoms with Gasteiger partial charge in [0.05, 0.1) is 9.79 Å². The number of benzene rings is 2. The van der Waals surface area contributed by atoms with Crippen LogP contribution in [-0.2, 0) is 19.9 Å². The van der Waals surface area contributed by atoms with E-state index < -0.39 is 25.1 Å². The summed E-state index contributed by atoms with van der Waals surface area (Å²) < 4.78 is 65.3. The zero-order valence-corrected chi connectivity index (χ0v) is 18.2. The van der Waals surface area contributed by atoms with E-state index >= 15 is 0 Å². The predicted octanol–water partition coefficient (Wildman–Crippen LogP) is 2.61. The number of sulfone groups is 1. The quantitative estimate of drug-likeness (QED) is 0.577. The van der Waals surface area contributed by atoms with Gasteiger partial charge in [-0.05, 0) is 42.8 Å². The maximum Gasteiger partial charge on any atom is 0.240 e. The highest BCUT2D eigenvalue weighted by molar-refractivity contribution is 7.92. The van der Waals surface area contributed by atoms with Gasteiger partial charge in [-0.25, -0.2) is 21.6 Å². The molecule has 3 aromatic rings. The number of pyridine rings is 1. The van der Waals surface area contributed by atoms with Gasteiger partial charge < -0.3 is 9.47 Å². The normalized spacial score (nSPS) is 14.4. The number of ether oxygens (including phenoxy) is 2. The molecule has 31 heavy (non-hydrogen) atoms. The zero-order chi connectivity index (χ0) is 22.1. The first-order valence-corrected chi connectivity index (χ1v) is 12.4. The van der Waals surface area contributed by atoms with Crippen molar-refractivity contribution in [2.24, 2.45) is 0 Å². The lowest BCUT2D eigenvalue weighted by Crippen LogP contribution is -2.32. The molecule has 0 aliphatic carbocycles. The number of nitrogens with zero attached hydrogens (tertiary/aromatic N) is 1. The molecule has 0 bridgehead atoms. The lowest BCUT2D eigenvalue weighted by Gasteiger charge is -2.19. The number of rotatable bonds is 7. The molecule has 0 amide bonds. The molecule has 0 radical (unpaired) electrons. The summed E-state index contributed by atoms with van der Waals surface area (Å²) in [6.45, 7) is 1.51. The average Bonchev–Trinajstić information content (AvgIpc) is 3.23. The Balaban J connectivity index is 1.65. The smallest absolute Gasteiger partial charge is 0.240 e. The molecule has 8 nitrogen and oxygen atoms in total. The van der Waals surface area contributed by atoms with Crippen molar-refractivity contribution in [3.05, 3.63) is 78.1 Å². The number of fused-ring (bicyclic) bond motifs is 1. The molecule has 1 N–H and O–H groups in total. The van der Waals surface area contributed by atoms with Crippen molar-refractivity contribution in [2.45, 2.75) is 22.0 Å². The fourth-order valence-corrected chi connectivity index (χ4v) is 5.99. The molecule has 0 saturated heterocycles. The van der Waals surface area contributed by atoms with Crippen LogP contribution < -0.4 is 14.2 Å². The summed E-state index contributed by atoms with van der Waals surface area (Å²) in [5.41, 5.74) is 1.30. The summed E-state index contributed by atoms with van der Waals surface area (Å²) in [5, 5.41) is -1.16. The van der Waals surface area contributed by atoms with E-state index in [2.05, 4.69) is 9.71 Å². The van der Waals surface area contributed by atoms with E-state index in [-0.39, 0.29) is 23.1 Å². The summed E-state index contributed by atoms with van der Waals surface area (Å²) in [6, 6.07) is 13.9. The molecule has 0 saturated carbocycles. The van der Waals surface area contributed by atoms with Crippen LogP contribution in [0.3, 0.4) is 0 Å². The van der Waals surface area contributed by atoms with Gasteiger partial charge in [0.25, 0.3) is 0 Å². The van der Waals surface area contributed by atoms with Gasteiger partial charge >= 0.3 is 0 Å². The number of hydrogen-bond acceptors (Lipinski definition) is 7. The van der Waals surface area contributed by atoms with Gasteiger partial charge in [-0.15, -0.1) is 0 Å². The minimum atomic E-state index is -4.00. The number of nitrogens with one attached hydrogen (secondary N) is 1. The molecule has 1 atom stereocenters. The molecule has 1 aliphatic heterocycles. The Morgan fingerprint density at radius 3 is 2.39 bits per heavy atom. The second kappa shape index (κ2) is 8.29. The Bertz CT molecular complexity index is 1290. The van der Waals surface area contributed by atoms with Crippen LogP contribution in [0, 0.1) is 6.92 Å². The number of sulfonamides is 1. The van der Waals surface area contributed by atoms with Crippen molar-refractivity contribution in [3.63, 3.8) is 0 Å². The van der Waals surface area contributed by atoms with Crippen molar-refractivity contribution >= 4 is 19.9 Å². The van der Waals surface area contributed by atoms with Gasteiger partial charge in [-0.3, -0.25) is 4.98 Å². The third kappa shape index (κ3) is 4.41. The maximum atomic E-state index is 13.4. The molecule has 2 heterocycles. The van der Waals surface area contributed by atoms with Gasteiger partial charge in [0.15, 0.2) is 21.3 Å². The second-order valence-corrected chi connectivity index (χ2v) is 10.9. The highest BCUT2D eigenvalue weighted by Gasteiger charge is 2.31. The first-order chi connectivity index (χ1) is 14.8. The standard InChI is InChI=1S/C21H20N2O6S2/c1-15-4-6-17(7-5-15)30(24,25)21(16-3-2-10-22-12-16)13-23-31(26,27)18-8-9-19-20(11-18)29-14-28-19/h2-12,21,23H,13-14H2,1H3/t21-/m0/s1. The van der Waals surface area contributed by atoms with E-state index in [1.165, 1.54) is 42.7 Å². The molecule has 162 valence electrons. The highest BCUT2D eigenvalue weighted by Crippen LogP contribution is 2.34. The van der Waals surface area contributed by atoms with Gasteiger partial charge in [0.1, 0.15) is 5.25 Å². The molecule has 1 aromatic heterocycles. The minimum Gasteiger partial charge on any atom is -0.454 e. The van der Waals surface area contributed by atoms with Gasteiger partial charge in [-0.2, -0.15) is 0 Å². The predicted molar refractivity (Wildman–Crippen MR) is 113 cm³/mol. The van der Waals surface area contributed by atoms with Gasteiger partial charge in [0.2, 0.25) is 16.8 Å². The van der Waals surface area contributed by atoms with E-state index in [9.17, 15) is 16.8 Å². The Kier molecular flexibility index (Phi) is 5.69. The van der Waals surface area contributed by atoms with E-state index in [1.807, 2.05) is 6.92 Å². The fraction of sp³-hybridized carbons (Fsp3) is 0.190. The largest absolute Gasteiger partial charge is 0.454 e. The Morgan fingerprint density at radius 2 is 1.68 bits per heavy atom. The van der Waals surface area contributed by atoms with Crippen molar-refractivity contribution in [1.29, 1.82) is 0 Å². The molecule has 2 aromatic carbocycles. The SMILES string of the molecule is Cc1ccc(S(=O)(=O)[C@@H](CNS(=O)(=O)c2ccc3c(c2)OCO3)c2cccnc2)cc1. The van der Waals surface area contributed by atoms with Gasteiger partial charge in [0, 0.05) is 25.0 Å². The van der Waals surface area contributed by atoms with Gasteiger partial charge in [-0.1, -0.05) is 23.8 Å². The fourth-order valence-electron chi connectivity index (χ4n) is 3.18. The molecular weight excluding hydrogens is 440 g/mol. The van der Waals surface area contributed by atoms with E-state index in [1.54, 1.807) is 24.3 Å². The van der Waals surface area contributed by atoms with Crippen molar-refractivity contribution < 1.29 is 26.3 Å². The van der Waals surface area contributed by atoms with Crippen LogP contribution in [0.1, 0.15) is 16.4 Å². The van der Waals surface area contributed by atoms with Crippen LogP contribution in [-0.4, -0.2) is 35.2 Å². The Hall–Kier alpha value is -2.95. The van der Waals surface area contributed by atoms with Crippen LogP contribution in [0.5, 0.6) is 11.5 Å². The van der Waals surface area contributed by atoms with E-state index in [4.69, 9.17) is 9.47 Å². The van der Waals surface area contributed by atoms with Crippen molar-refractivity contribution in [2.75, 3.05) is 13.3 Å². The maximum absolute atomic E-state index is 13.4. The second-order valence-electron chi connectivity index (χ2n) is 7.00. The molecule has 4 rings (SSSR count). The van der Waals surface area contributed by atoms with Crippen LogP contribution in [0.15, 0.2) is 76.8 Å². The van der Waals surface area contributed by atoms with Crippen LogP contribution >= 0.6 is 0 Å². The number of aryl methyl sites for hydroxylation is 1. The molecule has 0 unspecified atom stereocenters. The van der Waals surface area contributed by atoms with E-state index in [0.717, 1.165) is 5.56 Å². The summed E-state index contributed by atoms with van der Waals surface area (Å²) in [4.78, 5) is 4.06. The minimum absolute atomic E-state index is 0.0180. The number of hydrogen-bond donors (Lipinski definition) is 1. The third-order valence-electron chi connectivity index (χ3n) is 4.89. The first kappa shape index (κ1) is 21.3. The lowest BCUT2D eigenvalue weighted by atomic mass is 10.2. The Morgan fingerprint density at radius 1 is 0.968 bits per heavy atom. The van der Waals surface area contributed by atoms with Crippen LogP contribution in [0.4, 0.5) is 0 Å². The monoisotopic (exact) mass is 460 g/mol. The molecule has 0 fully saturated rings. The lowest BCUT2D eigenvalue weighted by molar-refractivity contribution is 0.174. The topological polar surface area (TPSA) is 112 Å². The average molecular weight is 461 g/mol.